The highest BCUT2D eigenvalue weighted by Gasteiger charge is 2.24. The highest BCUT2D eigenvalue weighted by molar-refractivity contribution is 9.11. The Kier molecular flexibility index (Phi) is 4.82. The van der Waals surface area contributed by atoms with Gasteiger partial charge in [0, 0.05) is 10.0 Å². The van der Waals surface area contributed by atoms with Gasteiger partial charge in [-0.05, 0) is 44.8 Å². The van der Waals surface area contributed by atoms with Crippen LogP contribution in [0.15, 0.2) is 19.5 Å². The molecule has 0 aliphatic carbocycles. The first-order chi connectivity index (χ1) is 9.47. The molecule has 2 rings (SSSR count). The van der Waals surface area contributed by atoms with E-state index in [4.69, 9.17) is 4.74 Å². The number of rotatable bonds is 3. The van der Waals surface area contributed by atoms with Crippen molar-refractivity contribution in [2.75, 3.05) is 6.61 Å². The topological polar surface area (TPSA) is 88.1 Å². The van der Waals surface area contributed by atoms with Crippen molar-refractivity contribution in [2.24, 2.45) is 0 Å². The average molecular weight is 470 g/mol. The molecule has 0 radical (unpaired) electrons. The summed E-state index contributed by atoms with van der Waals surface area (Å²) in [7, 11) is 0. The van der Waals surface area contributed by atoms with Crippen LogP contribution in [0.4, 0.5) is 0 Å². The van der Waals surface area contributed by atoms with Gasteiger partial charge in [0.05, 0.1) is 15.6 Å². The van der Waals surface area contributed by atoms with E-state index in [9.17, 15) is 9.90 Å². The first-order valence-corrected chi connectivity index (χ1v) is 7.80. The lowest BCUT2D eigenvalue weighted by Crippen LogP contribution is -2.07. The first-order valence-electron chi connectivity index (χ1n) is 5.42. The number of nitrogens with zero attached hydrogens (tertiary/aromatic N) is 2. The van der Waals surface area contributed by atoms with Gasteiger partial charge in [0.1, 0.15) is 11.4 Å². The third-order valence-corrected chi connectivity index (χ3v) is 4.40. The lowest BCUT2D eigenvalue weighted by Gasteiger charge is -2.09. The molecule has 0 saturated carbocycles. The van der Waals surface area contributed by atoms with Crippen LogP contribution in [-0.2, 0) is 4.74 Å². The van der Waals surface area contributed by atoms with Gasteiger partial charge in [0.2, 0.25) is 0 Å². The monoisotopic (exact) mass is 467 g/mol. The van der Waals surface area contributed by atoms with Gasteiger partial charge in [-0.2, -0.15) is 10.3 Å². The first kappa shape index (κ1) is 15.5. The summed E-state index contributed by atoms with van der Waals surface area (Å²) in [4.78, 5) is 11.8. The number of H-pyrrole nitrogens is 1. The molecule has 0 bridgehead atoms. The number of aromatic amines is 1. The van der Waals surface area contributed by atoms with Crippen molar-refractivity contribution in [3.05, 3.63) is 25.2 Å². The number of benzene rings is 1. The summed E-state index contributed by atoms with van der Waals surface area (Å²) in [5, 5.41) is 20.1. The van der Waals surface area contributed by atoms with Gasteiger partial charge in [0.25, 0.3) is 0 Å². The lowest BCUT2D eigenvalue weighted by molar-refractivity contribution is 0.0520. The maximum absolute atomic E-state index is 11.8. The fourth-order valence-electron chi connectivity index (χ4n) is 1.54. The predicted molar refractivity (Wildman–Crippen MR) is 82.5 cm³/mol. The fraction of sp³-hybridized carbons (Fsp3) is 0.182. The zero-order valence-corrected chi connectivity index (χ0v) is 14.8. The molecule has 9 heteroatoms. The quantitative estimate of drug-likeness (QED) is 0.670. The van der Waals surface area contributed by atoms with Gasteiger partial charge in [0.15, 0.2) is 5.69 Å². The molecule has 106 valence electrons. The molecule has 1 aromatic carbocycles. The number of aromatic nitrogens is 3. The molecule has 1 heterocycles. The summed E-state index contributed by atoms with van der Waals surface area (Å²) in [6.45, 7) is 1.94. The molecule has 2 aromatic rings. The number of phenols is 1. The molecule has 0 amide bonds. The second-order valence-electron chi connectivity index (χ2n) is 3.62. The van der Waals surface area contributed by atoms with Gasteiger partial charge < -0.3 is 9.84 Å². The molecule has 6 nitrogen and oxygen atoms in total. The van der Waals surface area contributed by atoms with E-state index in [1.165, 1.54) is 0 Å². The maximum atomic E-state index is 11.8. The van der Waals surface area contributed by atoms with E-state index < -0.39 is 5.97 Å². The van der Waals surface area contributed by atoms with Crippen LogP contribution in [0.3, 0.4) is 0 Å². The molecule has 0 spiro atoms. The summed E-state index contributed by atoms with van der Waals surface area (Å²) in [6, 6.07) is 1.65. The highest BCUT2D eigenvalue weighted by Crippen LogP contribution is 2.44. The molecule has 0 aliphatic heterocycles. The summed E-state index contributed by atoms with van der Waals surface area (Å²) < 4.78 is 6.44. The van der Waals surface area contributed by atoms with E-state index in [2.05, 4.69) is 63.2 Å². The SMILES string of the molecule is CCOC(=O)c1n[nH]nc1-c1c(Br)cc(Br)c(O)c1Br. The van der Waals surface area contributed by atoms with Crippen LogP contribution in [-0.4, -0.2) is 33.1 Å². The number of halogens is 3. The number of aromatic hydroxyl groups is 1. The Hall–Kier alpha value is -0.930. The number of phenolic OH excluding ortho intramolecular Hbond substituents is 1. The number of carbonyl (C=O) groups excluding carboxylic acids is 1. The lowest BCUT2D eigenvalue weighted by atomic mass is 10.1. The number of nitrogens with one attached hydrogen (secondary N) is 1. The normalized spacial score (nSPS) is 10.6. The van der Waals surface area contributed by atoms with Gasteiger partial charge in [-0.15, -0.1) is 5.10 Å². The molecule has 20 heavy (non-hydrogen) atoms. The van der Waals surface area contributed by atoms with E-state index in [1.54, 1.807) is 13.0 Å². The third kappa shape index (κ3) is 2.75. The second kappa shape index (κ2) is 6.23. The Labute approximate surface area is 139 Å². The van der Waals surface area contributed by atoms with Gasteiger partial charge in [-0.3, -0.25) is 0 Å². The van der Waals surface area contributed by atoms with E-state index in [0.29, 0.717) is 19.0 Å². The van der Waals surface area contributed by atoms with Crippen LogP contribution in [0.5, 0.6) is 5.75 Å². The van der Waals surface area contributed by atoms with Crippen molar-refractivity contribution >= 4 is 53.8 Å². The van der Waals surface area contributed by atoms with Crippen molar-refractivity contribution < 1.29 is 14.6 Å². The molecule has 0 fully saturated rings. The molecular weight excluding hydrogens is 462 g/mol. The Bertz CT molecular complexity index is 672. The molecule has 1 aromatic heterocycles. The van der Waals surface area contributed by atoms with Crippen molar-refractivity contribution in [3.63, 3.8) is 0 Å². The molecular formula is C11H8Br3N3O3. The maximum Gasteiger partial charge on any atom is 0.361 e. The molecule has 0 atom stereocenters. The van der Waals surface area contributed by atoms with E-state index >= 15 is 0 Å². The number of ether oxygens (including phenoxy) is 1. The number of carbonyl (C=O) groups is 1. The van der Waals surface area contributed by atoms with Crippen LogP contribution in [0.25, 0.3) is 11.3 Å². The van der Waals surface area contributed by atoms with Crippen LogP contribution in [0, 0.1) is 0 Å². The van der Waals surface area contributed by atoms with E-state index in [0.717, 1.165) is 0 Å². The van der Waals surface area contributed by atoms with Crippen LogP contribution in [0.1, 0.15) is 17.4 Å². The Morgan fingerprint density at radius 3 is 2.70 bits per heavy atom. The number of esters is 1. The van der Waals surface area contributed by atoms with Crippen molar-refractivity contribution in [2.45, 2.75) is 6.92 Å². The second-order valence-corrected chi connectivity index (χ2v) is 6.12. The number of hydrogen-bond acceptors (Lipinski definition) is 5. The van der Waals surface area contributed by atoms with Crippen molar-refractivity contribution in [1.29, 1.82) is 0 Å². The minimum atomic E-state index is -0.586. The predicted octanol–water partition coefficient (Wildman–Crippen LogP) is 3.64. The summed E-state index contributed by atoms with van der Waals surface area (Å²) in [5.41, 5.74) is 0.836. The van der Waals surface area contributed by atoms with Gasteiger partial charge in [-0.1, -0.05) is 15.9 Å². The molecule has 2 N–H and O–H groups in total. The summed E-state index contributed by atoms with van der Waals surface area (Å²) in [5.74, 6) is -0.585. The zero-order valence-electron chi connectivity index (χ0n) is 10.1. The van der Waals surface area contributed by atoms with Gasteiger partial charge in [-0.25, -0.2) is 4.79 Å². The van der Waals surface area contributed by atoms with Crippen LogP contribution >= 0.6 is 47.8 Å². The zero-order chi connectivity index (χ0) is 14.9. The minimum Gasteiger partial charge on any atom is -0.506 e. The largest absolute Gasteiger partial charge is 0.506 e. The smallest absolute Gasteiger partial charge is 0.361 e. The fourth-order valence-corrected chi connectivity index (χ4v) is 4.04. The Balaban J connectivity index is 2.62. The Morgan fingerprint density at radius 2 is 2.05 bits per heavy atom. The molecule has 0 saturated heterocycles. The van der Waals surface area contributed by atoms with Crippen molar-refractivity contribution in [3.8, 4) is 17.0 Å². The molecule has 0 aliphatic rings. The highest BCUT2D eigenvalue weighted by atomic mass is 79.9. The van der Waals surface area contributed by atoms with E-state index in [-0.39, 0.29) is 23.7 Å². The standard InChI is InChI=1S/C11H8Br3N3O3/c1-2-20-11(19)9-8(15-17-16-9)6-4(12)3-5(13)10(18)7(6)14/h3,18H,2H2,1H3,(H,15,16,17). The molecule has 0 unspecified atom stereocenters. The number of hydrogen-bond donors (Lipinski definition) is 2. The average Bonchev–Trinajstić information content (AvgIpc) is 2.85. The van der Waals surface area contributed by atoms with Crippen molar-refractivity contribution in [1.82, 2.24) is 15.4 Å². The third-order valence-electron chi connectivity index (χ3n) is 2.40. The van der Waals surface area contributed by atoms with Gasteiger partial charge >= 0.3 is 5.97 Å². The minimum absolute atomic E-state index is 0.000934. The summed E-state index contributed by atoms with van der Waals surface area (Å²) in [6.07, 6.45) is 0. The summed E-state index contributed by atoms with van der Waals surface area (Å²) >= 11 is 9.87. The van der Waals surface area contributed by atoms with Crippen LogP contribution in [0.2, 0.25) is 0 Å². The van der Waals surface area contributed by atoms with Crippen LogP contribution < -0.4 is 0 Å². The van der Waals surface area contributed by atoms with E-state index in [1.807, 2.05) is 0 Å². The Morgan fingerprint density at radius 1 is 1.35 bits per heavy atom.